The van der Waals surface area contributed by atoms with Gasteiger partial charge in [0.05, 0.1) is 18.0 Å². The number of hydrogen-bond donors (Lipinski definition) is 3. The topological polar surface area (TPSA) is 110 Å². The molecule has 2 aromatic carbocycles. The number of methoxy groups -OCH3 is 1. The molecule has 1 saturated carbocycles. The first-order valence-electron chi connectivity index (χ1n) is 11.8. The maximum atomic E-state index is 13.0. The molecule has 4 rings (SSSR count). The van der Waals surface area contributed by atoms with Crippen LogP contribution in [0.25, 0.3) is 10.9 Å². The third-order valence-corrected chi connectivity index (χ3v) is 6.67. The first-order valence-corrected chi connectivity index (χ1v) is 11.8. The van der Waals surface area contributed by atoms with E-state index in [9.17, 15) is 9.59 Å². The Bertz CT molecular complexity index is 1190. The average Bonchev–Trinajstić information content (AvgIpc) is 2.87. The first-order chi connectivity index (χ1) is 16.9. The van der Waals surface area contributed by atoms with E-state index in [0.717, 1.165) is 35.0 Å². The summed E-state index contributed by atoms with van der Waals surface area (Å²) in [5.74, 6) is -0.146. The van der Waals surface area contributed by atoms with Crippen LogP contribution in [0.15, 0.2) is 54.6 Å². The van der Waals surface area contributed by atoms with E-state index < -0.39 is 11.4 Å². The van der Waals surface area contributed by atoms with Crippen LogP contribution in [0.4, 0.5) is 0 Å². The molecular formula is C27H31N3O5. The van der Waals surface area contributed by atoms with Crippen molar-refractivity contribution in [2.45, 2.75) is 57.3 Å². The molecule has 1 aromatic heterocycles. The van der Waals surface area contributed by atoms with Crippen LogP contribution < -0.4 is 15.5 Å². The van der Waals surface area contributed by atoms with Gasteiger partial charge in [0.1, 0.15) is 12.4 Å². The predicted molar refractivity (Wildman–Crippen MR) is 131 cm³/mol. The quantitative estimate of drug-likeness (QED) is 0.333. The Kier molecular flexibility index (Phi) is 7.63. The number of hydrogen-bond acceptors (Lipinski definition) is 6. The summed E-state index contributed by atoms with van der Waals surface area (Å²) in [7, 11) is 1.67. The number of aromatic nitrogens is 1. The molecule has 0 radical (unpaired) electrons. The Labute approximate surface area is 204 Å². The van der Waals surface area contributed by atoms with Crippen molar-refractivity contribution in [1.82, 2.24) is 15.8 Å². The smallest absolute Gasteiger partial charge is 0.251 e. The van der Waals surface area contributed by atoms with E-state index in [2.05, 4.69) is 10.3 Å². The van der Waals surface area contributed by atoms with Crippen LogP contribution in [0.3, 0.4) is 0 Å². The van der Waals surface area contributed by atoms with Gasteiger partial charge in [-0.3, -0.25) is 19.8 Å². The second-order valence-corrected chi connectivity index (χ2v) is 9.13. The summed E-state index contributed by atoms with van der Waals surface area (Å²) < 4.78 is 11.4. The molecular weight excluding hydrogens is 446 g/mol. The molecule has 1 fully saturated rings. The van der Waals surface area contributed by atoms with Crippen molar-refractivity contribution < 1.29 is 24.3 Å². The van der Waals surface area contributed by atoms with Gasteiger partial charge in [0, 0.05) is 34.9 Å². The fourth-order valence-electron chi connectivity index (χ4n) is 4.76. The third kappa shape index (κ3) is 5.96. The summed E-state index contributed by atoms with van der Waals surface area (Å²) in [5.41, 5.74) is 4.33. The van der Waals surface area contributed by atoms with Gasteiger partial charge >= 0.3 is 0 Å². The minimum atomic E-state index is -0.728. The van der Waals surface area contributed by atoms with Gasteiger partial charge in [0.25, 0.3) is 5.91 Å². The van der Waals surface area contributed by atoms with Crippen LogP contribution in [-0.4, -0.2) is 40.8 Å². The number of ether oxygens (including phenoxy) is 2. The van der Waals surface area contributed by atoms with E-state index >= 15 is 0 Å². The molecule has 1 heterocycles. The summed E-state index contributed by atoms with van der Waals surface area (Å²) in [6, 6.07) is 16.9. The number of pyridine rings is 1. The molecule has 8 nitrogen and oxygen atoms in total. The molecule has 1 aliphatic rings. The minimum absolute atomic E-state index is 0.00613. The number of nitrogens with one attached hydrogen (secondary N) is 2. The van der Waals surface area contributed by atoms with Gasteiger partial charge in [0.15, 0.2) is 0 Å². The van der Waals surface area contributed by atoms with Crippen LogP contribution in [0, 0.1) is 6.92 Å². The monoisotopic (exact) mass is 477 g/mol. The molecule has 0 aliphatic heterocycles. The molecule has 184 valence electrons. The van der Waals surface area contributed by atoms with Crippen molar-refractivity contribution in [3.8, 4) is 5.75 Å². The fourth-order valence-corrected chi connectivity index (χ4v) is 4.76. The Hall–Kier alpha value is -3.49. The molecule has 3 aromatic rings. The summed E-state index contributed by atoms with van der Waals surface area (Å²) in [5, 5.41) is 13.1. The van der Waals surface area contributed by atoms with Gasteiger partial charge in [0.2, 0.25) is 5.91 Å². The lowest BCUT2D eigenvalue weighted by Crippen LogP contribution is -2.53. The normalized spacial score (nSPS) is 19.8. The van der Waals surface area contributed by atoms with Crippen molar-refractivity contribution >= 4 is 22.7 Å². The number of carbonyl (C=O) groups excluding carboxylic acids is 2. The van der Waals surface area contributed by atoms with Gasteiger partial charge in [-0.05, 0) is 69.0 Å². The second kappa shape index (κ2) is 10.8. The fraction of sp³-hybridized carbons (Fsp3) is 0.370. The van der Waals surface area contributed by atoms with Crippen LogP contribution in [-0.2, 0) is 16.1 Å². The average molecular weight is 478 g/mol. The highest BCUT2D eigenvalue weighted by Gasteiger charge is 2.38. The molecule has 0 unspecified atom stereocenters. The number of benzene rings is 2. The Balaban J connectivity index is 1.42. The maximum absolute atomic E-state index is 13.0. The van der Waals surface area contributed by atoms with Crippen molar-refractivity contribution in [2.75, 3.05) is 7.11 Å². The van der Waals surface area contributed by atoms with Gasteiger partial charge in [-0.25, -0.2) is 5.48 Å². The van der Waals surface area contributed by atoms with Gasteiger partial charge < -0.3 is 14.8 Å². The molecule has 0 atom stereocenters. The van der Waals surface area contributed by atoms with Crippen LogP contribution in [0.2, 0.25) is 0 Å². The summed E-state index contributed by atoms with van der Waals surface area (Å²) in [6.07, 6.45) is 2.74. The van der Waals surface area contributed by atoms with Crippen molar-refractivity contribution in [1.29, 1.82) is 0 Å². The van der Waals surface area contributed by atoms with Crippen LogP contribution in [0.1, 0.15) is 53.7 Å². The number of rotatable bonds is 8. The Morgan fingerprint density at radius 3 is 2.51 bits per heavy atom. The zero-order chi connectivity index (χ0) is 24.8. The van der Waals surface area contributed by atoms with E-state index in [1.807, 2.05) is 37.3 Å². The summed E-state index contributed by atoms with van der Waals surface area (Å²) in [6.45, 7) is 2.34. The predicted octanol–water partition coefficient (Wildman–Crippen LogP) is 4.08. The highest BCUT2D eigenvalue weighted by atomic mass is 16.5. The van der Waals surface area contributed by atoms with Gasteiger partial charge in [-0.1, -0.05) is 18.2 Å². The van der Waals surface area contributed by atoms with E-state index in [1.54, 1.807) is 36.9 Å². The highest BCUT2D eigenvalue weighted by molar-refractivity contribution is 5.95. The molecule has 0 spiro atoms. The Morgan fingerprint density at radius 1 is 1.11 bits per heavy atom. The zero-order valence-corrected chi connectivity index (χ0v) is 20.0. The van der Waals surface area contributed by atoms with Crippen molar-refractivity contribution in [3.05, 3.63) is 71.4 Å². The SMILES string of the molecule is CO[C@H]1CC[C@@](CC(=O)NO)(NC(=O)c2ccc(OCc3cc(C)nc4ccccc34)cc2)CC1. The van der Waals surface area contributed by atoms with E-state index in [4.69, 9.17) is 14.7 Å². The van der Waals surface area contributed by atoms with Gasteiger partial charge in [-0.2, -0.15) is 0 Å². The maximum Gasteiger partial charge on any atom is 0.251 e. The van der Waals surface area contributed by atoms with Gasteiger partial charge in [-0.15, -0.1) is 0 Å². The lowest BCUT2D eigenvalue weighted by atomic mass is 9.77. The van der Waals surface area contributed by atoms with E-state index in [-0.39, 0.29) is 18.4 Å². The molecule has 0 saturated heterocycles. The minimum Gasteiger partial charge on any atom is -0.489 e. The lowest BCUT2D eigenvalue weighted by molar-refractivity contribution is -0.131. The lowest BCUT2D eigenvalue weighted by Gasteiger charge is -2.40. The van der Waals surface area contributed by atoms with Crippen molar-refractivity contribution in [2.24, 2.45) is 0 Å². The molecule has 1 aliphatic carbocycles. The number of amides is 2. The number of aryl methyl sites for hydroxylation is 1. The molecule has 0 bridgehead atoms. The number of hydroxylamine groups is 1. The standard InChI is InChI=1S/C27H31N3O5/c1-18-15-20(23-5-3-4-6-24(23)28-18)17-35-22-9-7-19(8-10-22)26(32)29-27(16-25(31)30-33)13-11-21(34-2)12-14-27/h3-10,15,21,33H,11-14,16-17H2,1-2H3,(H,29,32)(H,30,31)/t21-,27+. The van der Waals surface area contributed by atoms with Crippen LogP contribution in [0.5, 0.6) is 5.75 Å². The van der Waals surface area contributed by atoms with E-state index in [0.29, 0.717) is 30.8 Å². The summed E-state index contributed by atoms with van der Waals surface area (Å²) >= 11 is 0. The zero-order valence-electron chi connectivity index (χ0n) is 20.0. The van der Waals surface area contributed by atoms with Crippen LogP contribution >= 0.6 is 0 Å². The number of fused-ring (bicyclic) bond motifs is 1. The second-order valence-electron chi connectivity index (χ2n) is 9.13. The van der Waals surface area contributed by atoms with Crippen molar-refractivity contribution in [3.63, 3.8) is 0 Å². The molecule has 3 N–H and O–H groups in total. The summed E-state index contributed by atoms with van der Waals surface area (Å²) in [4.78, 5) is 29.5. The number of para-hydroxylation sites is 1. The molecule has 35 heavy (non-hydrogen) atoms. The number of carbonyl (C=O) groups is 2. The molecule has 8 heteroatoms. The largest absolute Gasteiger partial charge is 0.489 e. The highest BCUT2D eigenvalue weighted by Crippen LogP contribution is 2.33. The first kappa shape index (κ1) is 24.6. The third-order valence-electron chi connectivity index (χ3n) is 6.67. The molecule has 2 amide bonds. The number of nitrogens with zero attached hydrogens (tertiary/aromatic N) is 1. The Morgan fingerprint density at radius 2 is 1.83 bits per heavy atom. The van der Waals surface area contributed by atoms with E-state index in [1.165, 1.54) is 0 Å².